The quantitative estimate of drug-likeness (QED) is 0.618. The Morgan fingerprint density at radius 1 is 1.18 bits per heavy atom. The molecule has 0 aliphatic heterocycles. The Labute approximate surface area is 166 Å². The van der Waals surface area contributed by atoms with E-state index in [0.717, 1.165) is 10.8 Å². The van der Waals surface area contributed by atoms with Crippen LogP contribution in [0, 0.1) is 6.92 Å². The van der Waals surface area contributed by atoms with E-state index in [9.17, 15) is 9.59 Å². The molecule has 2 N–H and O–H groups in total. The van der Waals surface area contributed by atoms with Gasteiger partial charge >= 0.3 is 0 Å². The van der Waals surface area contributed by atoms with E-state index < -0.39 is 12.0 Å². The fourth-order valence-corrected chi connectivity index (χ4v) is 2.94. The molecule has 3 rings (SSSR count). The summed E-state index contributed by atoms with van der Waals surface area (Å²) in [7, 11) is 0. The highest BCUT2D eigenvalue weighted by Crippen LogP contribution is 2.22. The average Bonchev–Trinajstić information content (AvgIpc) is 3.01. The number of aryl methyl sites for hydroxylation is 1. The molecule has 0 aliphatic rings. The summed E-state index contributed by atoms with van der Waals surface area (Å²) >= 11 is 5.86. The van der Waals surface area contributed by atoms with Crippen LogP contribution < -0.4 is 15.6 Å². The lowest BCUT2D eigenvalue weighted by atomic mass is 10.1. The van der Waals surface area contributed by atoms with Gasteiger partial charge in [0.2, 0.25) is 11.1 Å². The SMILES string of the molecule is Cc1noc(Cl)c1CCC(=O)NNC(=O)C(C)Oc1ccc2ccccc2c1. The number of rotatable bonds is 6. The van der Waals surface area contributed by atoms with E-state index in [-0.39, 0.29) is 17.5 Å². The lowest BCUT2D eigenvalue weighted by Crippen LogP contribution is -2.47. The Hall–Kier alpha value is -3.06. The van der Waals surface area contributed by atoms with Crippen LogP contribution in [0.3, 0.4) is 0 Å². The van der Waals surface area contributed by atoms with Gasteiger partial charge in [-0.1, -0.05) is 35.5 Å². The minimum absolute atomic E-state index is 0.127. The molecule has 0 fully saturated rings. The summed E-state index contributed by atoms with van der Waals surface area (Å²) in [4.78, 5) is 24.1. The molecule has 2 aromatic carbocycles. The number of benzene rings is 2. The first kappa shape index (κ1) is 19.7. The van der Waals surface area contributed by atoms with E-state index in [2.05, 4.69) is 16.0 Å². The fraction of sp³-hybridized carbons (Fsp3) is 0.250. The molecule has 8 heteroatoms. The summed E-state index contributed by atoms with van der Waals surface area (Å²) in [6, 6.07) is 13.5. The van der Waals surface area contributed by atoms with Gasteiger partial charge in [-0.2, -0.15) is 0 Å². The Morgan fingerprint density at radius 3 is 2.64 bits per heavy atom. The van der Waals surface area contributed by atoms with Gasteiger partial charge in [0.1, 0.15) is 5.75 Å². The van der Waals surface area contributed by atoms with Gasteiger partial charge in [-0.15, -0.1) is 0 Å². The molecule has 3 aromatic rings. The van der Waals surface area contributed by atoms with Crippen LogP contribution in [0.4, 0.5) is 0 Å². The van der Waals surface area contributed by atoms with Gasteiger partial charge in [-0.3, -0.25) is 20.4 Å². The Balaban J connectivity index is 1.47. The fourth-order valence-electron chi connectivity index (χ4n) is 2.67. The number of hydrazine groups is 1. The lowest BCUT2D eigenvalue weighted by Gasteiger charge is -2.15. The maximum atomic E-state index is 12.2. The van der Waals surface area contributed by atoms with Crippen LogP contribution in [-0.2, 0) is 16.0 Å². The molecule has 1 heterocycles. The highest BCUT2D eigenvalue weighted by atomic mass is 35.5. The predicted octanol–water partition coefficient (Wildman–Crippen LogP) is 3.34. The zero-order valence-electron chi connectivity index (χ0n) is 15.5. The van der Waals surface area contributed by atoms with Crippen molar-refractivity contribution in [2.24, 2.45) is 0 Å². The van der Waals surface area contributed by atoms with Crippen molar-refractivity contribution in [2.75, 3.05) is 0 Å². The lowest BCUT2D eigenvalue weighted by molar-refractivity contribution is -0.132. The molecule has 0 spiro atoms. The highest BCUT2D eigenvalue weighted by molar-refractivity contribution is 6.29. The van der Waals surface area contributed by atoms with Crippen molar-refractivity contribution in [3.63, 3.8) is 0 Å². The molecule has 1 atom stereocenters. The summed E-state index contributed by atoms with van der Waals surface area (Å²) in [6.07, 6.45) is -0.294. The van der Waals surface area contributed by atoms with Gasteiger partial charge < -0.3 is 9.26 Å². The average molecular weight is 402 g/mol. The molecular weight excluding hydrogens is 382 g/mol. The minimum atomic E-state index is -0.781. The number of carbonyl (C=O) groups excluding carboxylic acids is 2. The van der Waals surface area contributed by atoms with Crippen LogP contribution in [0.5, 0.6) is 5.75 Å². The third kappa shape index (κ3) is 4.80. The Bertz CT molecular complexity index is 983. The molecule has 0 saturated carbocycles. The van der Waals surface area contributed by atoms with Gasteiger partial charge in [0.25, 0.3) is 5.91 Å². The van der Waals surface area contributed by atoms with E-state index in [1.807, 2.05) is 36.4 Å². The van der Waals surface area contributed by atoms with Crippen LogP contribution >= 0.6 is 11.6 Å². The summed E-state index contributed by atoms with van der Waals surface area (Å²) in [5, 5.41) is 6.00. The maximum Gasteiger partial charge on any atom is 0.279 e. The van der Waals surface area contributed by atoms with Crippen molar-refractivity contribution in [2.45, 2.75) is 32.8 Å². The summed E-state index contributed by atoms with van der Waals surface area (Å²) in [5.41, 5.74) is 6.05. The molecule has 0 saturated heterocycles. The monoisotopic (exact) mass is 401 g/mol. The molecule has 146 valence electrons. The largest absolute Gasteiger partial charge is 0.481 e. The number of nitrogens with zero attached hydrogens (tertiary/aromatic N) is 1. The highest BCUT2D eigenvalue weighted by Gasteiger charge is 2.17. The van der Waals surface area contributed by atoms with Gasteiger partial charge in [0.05, 0.1) is 5.69 Å². The molecule has 0 bridgehead atoms. The minimum Gasteiger partial charge on any atom is -0.481 e. The zero-order valence-corrected chi connectivity index (χ0v) is 16.2. The molecule has 0 radical (unpaired) electrons. The van der Waals surface area contributed by atoms with Gasteiger partial charge in [0.15, 0.2) is 6.10 Å². The topological polar surface area (TPSA) is 93.5 Å². The third-order valence-corrected chi connectivity index (χ3v) is 4.56. The third-order valence-electron chi connectivity index (χ3n) is 4.27. The van der Waals surface area contributed by atoms with Crippen molar-refractivity contribution < 1.29 is 18.8 Å². The van der Waals surface area contributed by atoms with E-state index in [4.69, 9.17) is 20.9 Å². The second-order valence-electron chi connectivity index (χ2n) is 6.33. The molecule has 1 unspecified atom stereocenters. The number of amides is 2. The summed E-state index contributed by atoms with van der Waals surface area (Å²) < 4.78 is 10.5. The first-order chi connectivity index (χ1) is 13.4. The number of halogens is 1. The van der Waals surface area contributed by atoms with E-state index in [1.165, 1.54) is 0 Å². The second-order valence-corrected chi connectivity index (χ2v) is 6.67. The maximum absolute atomic E-state index is 12.2. The molecule has 7 nitrogen and oxygen atoms in total. The summed E-state index contributed by atoms with van der Waals surface area (Å²) in [5.74, 6) is -0.242. The van der Waals surface area contributed by atoms with Crippen molar-refractivity contribution in [1.29, 1.82) is 0 Å². The van der Waals surface area contributed by atoms with E-state index >= 15 is 0 Å². The molecule has 0 aliphatic carbocycles. The Kier molecular flexibility index (Phi) is 6.16. The van der Waals surface area contributed by atoms with E-state index in [0.29, 0.717) is 23.4 Å². The first-order valence-electron chi connectivity index (χ1n) is 8.79. The Morgan fingerprint density at radius 2 is 1.93 bits per heavy atom. The van der Waals surface area contributed by atoms with Crippen LogP contribution in [0.15, 0.2) is 47.0 Å². The molecular formula is C20H20ClN3O4. The number of ether oxygens (including phenoxy) is 1. The van der Waals surface area contributed by atoms with Crippen LogP contribution in [0.2, 0.25) is 5.22 Å². The van der Waals surface area contributed by atoms with Crippen molar-refractivity contribution in [3.05, 3.63) is 58.9 Å². The van der Waals surface area contributed by atoms with Crippen molar-refractivity contribution in [1.82, 2.24) is 16.0 Å². The number of aromatic nitrogens is 1. The van der Waals surface area contributed by atoms with Crippen LogP contribution in [0.1, 0.15) is 24.6 Å². The van der Waals surface area contributed by atoms with E-state index in [1.54, 1.807) is 19.9 Å². The summed E-state index contributed by atoms with van der Waals surface area (Å²) in [6.45, 7) is 3.35. The molecule has 1 aromatic heterocycles. The molecule has 28 heavy (non-hydrogen) atoms. The van der Waals surface area contributed by atoms with Gasteiger partial charge in [0, 0.05) is 12.0 Å². The standard InChI is InChI=1S/C20H20ClN3O4/c1-12-17(19(21)28-24-12)9-10-18(25)22-23-20(26)13(2)27-16-8-7-14-5-3-4-6-15(14)11-16/h3-8,11,13H,9-10H2,1-2H3,(H,22,25)(H,23,26). The van der Waals surface area contributed by atoms with Crippen molar-refractivity contribution >= 4 is 34.2 Å². The first-order valence-corrected chi connectivity index (χ1v) is 9.16. The smallest absolute Gasteiger partial charge is 0.279 e. The number of nitrogens with one attached hydrogen (secondary N) is 2. The van der Waals surface area contributed by atoms with Gasteiger partial charge in [-0.05, 0) is 54.8 Å². The predicted molar refractivity (Wildman–Crippen MR) is 105 cm³/mol. The number of carbonyl (C=O) groups is 2. The second kappa shape index (κ2) is 8.75. The van der Waals surface area contributed by atoms with Crippen LogP contribution in [-0.4, -0.2) is 23.1 Å². The molecule has 2 amide bonds. The number of hydrogen-bond donors (Lipinski definition) is 2. The number of hydrogen-bond acceptors (Lipinski definition) is 5. The van der Waals surface area contributed by atoms with Gasteiger partial charge in [-0.25, -0.2) is 0 Å². The zero-order chi connectivity index (χ0) is 20.1. The normalized spacial score (nSPS) is 11.8. The van der Waals surface area contributed by atoms with Crippen molar-refractivity contribution in [3.8, 4) is 5.75 Å². The number of fused-ring (bicyclic) bond motifs is 1. The van der Waals surface area contributed by atoms with Crippen LogP contribution in [0.25, 0.3) is 10.8 Å².